The van der Waals surface area contributed by atoms with Gasteiger partial charge in [-0.3, -0.25) is 13.8 Å². The van der Waals surface area contributed by atoms with Crippen molar-refractivity contribution in [3.8, 4) is 0 Å². The van der Waals surface area contributed by atoms with Gasteiger partial charge in [0.05, 0.1) is 27.5 Å². The molecule has 0 radical (unpaired) electrons. The quantitative estimate of drug-likeness (QED) is 0.574. The molecule has 0 unspecified atom stereocenters. The van der Waals surface area contributed by atoms with Crippen molar-refractivity contribution in [2.75, 3.05) is 5.32 Å². The standard InChI is InChI=1S/C18H15Cl2N5O/c1-2-24-17(26)12-5-3-4-6-15(12)25-16(22-23-18(24)25)10-21-11-7-8-13(19)14(20)9-11/h3-9,21H,2,10H2,1H3. The Hall–Kier alpha value is -2.57. The Kier molecular flexibility index (Phi) is 4.30. The Balaban J connectivity index is 1.82. The first kappa shape index (κ1) is 16.9. The van der Waals surface area contributed by atoms with Crippen LogP contribution in [0.25, 0.3) is 16.7 Å². The van der Waals surface area contributed by atoms with E-state index in [1.54, 1.807) is 16.7 Å². The van der Waals surface area contributed by atoms with Crippen molar-refractivity contribution >= 4 is 45.6 Å². The zero-order valence-electron chi connectivity index (χ0n) is 13.9. The molecule has 0 amide bonds. The maximum atomic E-state index is 12.7. The number of nitrogens with one attached hydrogen (secondary N) is 1. The van der Waals surface area contributed by atoms with Gasteiger partial charge < -0.3 is 5.32 Å². The Morgan fingerprint density at radius 2 is 1.88 bits per heavy atom. The summed E-state index contributed by atoms with van der Waals surface area (Å²) in [6, 6.07) is 12.8. The lowest BCUT2D eigenvalue weighted by Crippen LogP contribution is -2.22. The van der Waals surface area contributed by atoms with Gasteiger partial charge in [-0.1, -0.05) is 35.3 Å². The van der Waals surface area contributed by atoms with Crippen molar-refractivity contribution in [1.29, 1.82) is 0 Å². The predicted octanol–water partition coefficient (Wildman–Crippen LogP) is 3.98. The van der Waals surface area contributed by atoms with Gasteiger partial charge in [-0.15, -0.1) is 10.2 Å². The van der Waals surface area contributed by atoms with Crippen LogP contribution in [0.15, 0.2) is 47.3 Å². The van der Waals surface area contributed by atoms with Crippen molar-refractivity contribution in [1.82, 2.24) is 19.2 Å². The van der Waals surface area contributed by atoms with Gasteiger partial charge in [-0.25, -0.2) is 0 Å². The number of anilines is 1. The van der Waals surface area contributed by atoms with Gasteiger partial charge in [0.2, 0.25) is 5.78 Å². The SMILES string of the molecule is CCn1c(=O)c2ccccc2n2c(CNc3ccc(Cl)c(Cl)c3)nnc12. The maximum absolute atomic E-state index is 12.7. The highest BCUT2D eigenvalue weighted by Crippen LogP contribution is 2.25. The van der Waals surface area contributed by atoms with Gasteiger partial charge in [0, 0.05) is 12.2 Å². The van der Waals surface area contributed by atoms with E-state index in [-0.39, 0.29) is 5.56 Å². The molecule has 2 heterocycles. The van der Waals surface area contributed by atoms with Crippen molar-refractivity contribution < 1.29 is 0 Å². The summed E-state index contributed by atoms with van der Waals surface area (Å²) in [5.74, 6) is 1.23. The van der Waals surface area contributed by atoms with E-state index in [1.165, 1.54) is 0 Å². The van der Waals surface area contributed by atoms with Crippen molar-refractivity contribution in [3.05, 3.63) is 68.7 Å². The molecule has 0 fully saturated rings. The van der Waals surface area contributed by atoms with Gasteiger partial charge in [-0.05, 0) is 37.3 Å². The van der Waals surface area contributed by atoms with Crippen LogP contribution in [-0.4, -0.2) is 19.2 Å². The third-order valence-electron chi connectivity index (χ3n) is 4.26. The summed E-state index contributed by atoms with van der Waals surface area (Å²) in [7, 11) is 0. The monoisotopic (exact) mass is 387 g/mol. The summed E-state index contributed by atoms with van der Waals surface area (Å²) in [6.07, 6.45) is 0. The summed E-state index contributed by atoms with van der Waals surface area (Å²) in [6.45, 7) is 2.86. The van der Waals surface area contributed by atoms with Crippen LogP contribution in [0.3, 0.4) is 0 Å². The van der Waals surface area contributed by atoms with Crippen LogP contribution in [0, 0.1) is 0 Å². The average molecular weight is 388 g/mol. The zero-order valence-corrected chi connectivity index (χ0v) is 15.4. The molecule has 0 aliphatic rings. The van der Waals surface area contributed by atoms with Gasteiger partial charge in [0.1, 0.15) is 0 Å². The highest BCUT2D eigenvalue weighted by Gasteiger charge is 2.15. The lowest BCUT2D eigenvalue weighted by Gasteiger charge is -2.10. The third-order valence-corrected chi connectivity index (χ3v) is 5.00. The molecule has 0 aliphatic carbocycles. The van der Waals surface area contributed by atoms with Crippen LogP contribution in [-0.2, 0) is 13.1 Å². The highest BCUT2D eigenvalue weighted by atomic mass is 35.5. The first-order chi connectivity index (χ1) is 12.6. The largest absolute Gasteiger partial charge is 0.378 e. The fraction of sp³-hybridized carbons (Fsp3) is 0.167. The number of hydrogen-bond donors (Lipinski definition) is 1. The molecule has 0 atom stereocenters. The molecule has 4 aromatic rings. The van der Waals surface area contributed by atoms with Gasteiger partial charge in [-0.2, -0.15) is 0 Å². The molecule has 26 heavy (non-hydrogen) atoms. The first-order valence-corrected chi connectivity index (χ1v) is 8.90. The minimum atomic E-state index is -0.0630. The smallest absolute Gasteiger partial charge is 0.262 e. The van der Waals surface area contributed by atoms with Crippen molar-refractivity contribution in [2.45, 2.75) is 20.0 Å². The van der Waals surface area contributed by atoms with E-state index in [1.807, 2.05) is 41.7 Å². The molecule has 132 valence electrons. The number of nitrogens with zero attached hydrogens (tertiary/aromatic N) is 4. The Bertz CT molecular complexity index is 1180. The van der Waals surface area contributed by atoms with E-state index in [2.05, 4.69) is 15.5 Å². The molecule has 1 N–H and O–H groups in total. The Labute approximate surface area is 159 Å². The number of aromatic nitrogens is 4. The molecule has 0 spiro atoms. The fourth-order valence-corrected chi connectivity index (χ4v) is 3.30. The second kappa shape index (κ2) is 6.63. The van der Waals surface area contributed by atoms with E-state index in [0.717, 1.165) is 11.2 Å². The number of para-hydroxylation sites is 1. The molecular weight excluding hydrogens is 373 g/mol. The molecule has 4 rings (SSSR count). The molecule has 8 heteroatoms. The fourth-order valence-electron chi connectivity index (χ4n) is 3.00. The van der Waals surface area contributed by atoms with Crippen LogP contribution < -0.4 is 10.9 Å². The second-order valence-corrected chi connectivity index (χ2v) is 6.62. The molecule has 0 saturated heterocycles. The van der Waals surface area contributed by atoms with Gasteiger partial charge >= 0.3 is 0 Å². The summed E-state index contributed by atoms with van der Waals surface area (Å²) >= 11 is 12.0. The average Bonchev–Trinajstić information content (AvgIpc) is 3.07. The molecule has 0 aliphatic heterocycles. The van der Waals surface area contributed by atoms with Crippen LogP contribution in [0.2, 0.25) is 10.0 Å². The van der Waals surface area contributed by atoms with Gasteiger partial charge in [0.15, 0.2) is 5.82 Å². The van der Waals surface area contributed by atoms with E-state index >= 15 is 0 Å². The van der Waals surface area contributed by atoms with E-state index in [0.29, 0.717) is 40.1 Å². The lowest BCUT2D eigenvalue weighted by molar-refractivity contribution is 0.734. The van der Waals surface area contributed by atoms with Gasteiger partial charge in [0.25, 0.3) is 5.56 Å². The molecular formula is C18H15Cl2N5O. The van der Waals surface area contributed by atoms with Crippen LogP contribution in [0.4, 0.5) is 5.69 Å². The van der Waals surface area contributed by atoms with Crippen LogP contribution in [0.5, 0.6) is 0 Å². The third kappa shape index (κ3) is 2.71. The summed E-state index contributed by atoms with van der Waals surface area (Å²) in [5.41, 5.74) is 1.55. The van der Waals surface area contributed by atoms with E-state index < -0.39 is 0 Å². The van der Waals surface area contributed by atoms with Crippen LogP contribution >= 0.6 is 23.2 Å². The lowest BCUT2D eigenvalue weighted by atomic mass is 10.2. The predicted molar refractivity (Wildman–Crippen MR) is 104 cm³/mol. The summed E-state index contributed by atoms with van der Waals surface area (Å²) in [5, 5.41) is 13.4. The zero-order chi connectivity index (χ0) is 18.3. The molecule has 0 saturated carbocycles. The van der Waals surface area contributed by atoms with Crippen molar-refractivity contribution in [2.24, 2.45) is 0 Å². The topological polar surface area (TPSA) is 64.2 Å². The molecule has 6 nitrogen and oxygen atoms in total. The van der Waals surface area contributed by atoms with E-state index in [9.17, 15) is 4.79 Å². The number of fused-ring (bicyclic) bond motifs is 3. The highest BCUT2D eigenvalue weighted by molar-refractivity contribution is 6.42. The van der Waals surface area contributed by atoms with Crippen LogP contribution in [0.1, 0.15) is 12.7 Å². The number of benzene rings is 2. The number of hydrogen-bond acceptors (Lipinski definition) is 4. The first-order valence-electron chi connectivity index (χ1n) is 8.14. The molecule has 2 aromatic carbocycles. The minimum absolute atomic E-state index is 0.0630. The Morgan fingerprint density at radius 1 is 1.08 bits per heavy atom. The number of rotatable bonds is 4. The maximum Gasteiger partial charge on any atom is 0.262 e. The van der Waals surface area contributed by atoms with Crippen molar-refractivity contribution in [3.63, 3.8) is 0 Å². The molecule has 2 aromatic heterocycles. The summed E-state index contributed by atoms with van der Waals surface area (Å²) in [4.78, 5) is 12.7. The number of aryl methyl sites for hydroxylation is 1. The minimum Gasteiger partial charge on any atom is -0.378 e. The summed E-state index contributed by atoms with van der Waals surface area (Å²) < 4.78 is 3.53. The van der Waals surface area contributed by atoms with E-state index in [4.69, 9.17) is 23.2 Å². The number of halogens is 2. The Morgan fingerprint density at radius 3 is 2.65 bits per heavy atom. The molecule has 0 bridgehead atoms. The second-order valence-electron chi connectivity index (χ2n) is 5.80. The normalized spacial score (nSPS) is 11.3.